The van der Waals surface area contributed by atoms with Crippen LogP contribution in [0, 0.1) is 11.3 Å². The van der Waals surface area contributed by atoms with E-state index in [4.69, 9.17) is 15.4 Å². The Morgan fingerprint density at radius 2 is 2.29 bits per heavy atom. The molecule has 3 nitrogen and oxygen atoms in total. The molecular weight excluding hydrogens is 264 g/mol. The van der Waals surface area contributed by atoms with Crippen LogP contribution in [0.15, 0.2) is 26.6 Å². The van der Waals surface area contributed by atoms with Gasteiger partial charge in [0.05, 0.1) is 9.35 Å². The van der Waals surface area contributed by atoms with Crippen LogP contribution >= 0.6 is 27.3 Å². The van der Waals surface area contributed by atoms with Crippen molar-refractivity contribution in [2.75, 3.05) is 5.73 Å². The predicted octanol–water partition coefficient (Wildman–Crippen LogP) is 3.22. The number of anilines is 1. The standard InChI is InChI=1S/C9H5BrN2OS/c10-8-2-1-7(14-8)6-4-13-9(12)5(6)3-11/h1-2,4H,12H2. The lowest BCUT2D eigenvalue weighted by atomic mass is 10.2. The highest BCUT2D eigenvalue weighted by molar-refractivity contribution is 9.11. The van der Waals surface area contributed by atoms with Gasteiger partial charge < -0.3 is 10.2 Å². The van der Waals surface area contributed by atoms with E-state index in [0.29, 0.717) is 5.56 Å². The minimum atomic E-state index is 0.173. The molecule has 0 aliphatic carbocycles. The van der Waals surface area contributed by atoms with Crippen LogP contribution < -0.4 is 5.73 Å². The molecule has 0 fully saturated rings. The lowest BCUT2D eigenvalue weighted by molar-refractivity contribution is 0.588. The number of rotatable bonds is 1. The molecule has 0 saturated heterocycles. The molecule has 0 spiro atoms. The molecule has 2 rings (SSSR count). The molecule has 2 aromatic rings. The fraction of sp³-hybridized carbons (Fsp3) is 0. The van der Waals surface area contributed by atoms with Gasteiger partial charge in [-0.25, -0.2) is 0 Å². The van der Waals surface area contributed by atoms with Crippen molar-refractivity contribution >= 4 is 33.2 Å². The first kappa shape index (κ1) is 9.31. The van der Waals surface area contributed by atoms with E-state index >= 15 is 0 Å². The van der Waals surface area contributed by atoms with Gasteiger partial charge in [-0.05, 0) is 28.1 Å². The molecule has 0 bridgehead atoms. The highest BCUT2D eigenvalue weighted by atomic mass is 79.9. The molecule has 14 heavy (non-hydrogen) atoms. The fourth-order valence-electron chi connectivity index (χ4n) is 1.13. The third-order valence-corrected chi connectivity index (χ3v) is 3.43. The molecule has 0 aromatic carbocycles. The van der Waals surface area contributed by atoms with Gasteiger partial charge in [-0.2, -0.15) is 5.26 Å². The monoisotopic (exact) mass is 268 g/mol. The Balaban J connectivity index is 2.58. The molecule has 2 heterocycles. The number of halogens is 1. The zero-order valence-electron chi connectivity index (χ0n) is 6.95. The summed E-state index contributed by atoms with van der Waals surface area (Å²) in [5.74, 6) is 0.173. The summed E-state index contributed by atoms with van der Waals surface area (Å²) in [7, 11) is 0. The lowest BCUT2D eigenvalue weighted by Crippen LogP contribution is -1.84. The Hall–Kier alpha value is -1.25. The third kappa shape index (κ3) is 1.43. The van der Waals surface area contributed by atoms with Crippen LogP contribution in [0.1, 0.15) is 5.56 Å². The Morgan fingerprint density at radius 3 is 2.86 bits per heavy atom. The van der Waals surface area contributed by atoms with E-state index in [1.165, 1.54) is 17.6 Å². The number of nitriles is 1. The van der Waals surface area contributed by atoms with Gasteiger partial charge in [-0.15, -0.1) is 11.3 Å². The van der Waals surface area contributed by atoms with E-state index in [2.05, 4.69) is 15.9 Å². The van der Waals surface area contributed by atoms with E-state index in [1.54, 1.807) is 0 Å². The van der Waals surface area contributed by atoms with E-state index in [0.717, 1.165) is 14.2 Å². The van der Waals surface area contributed by atoms with Crippen LogP contribution in [0.3, 0.4) is 0 Å². The van der Waals surface area contributed by atoms with Crippen LogP contribution in [0.25, 0.3) is 10.4 Å². The molecule has 5 heteroatoms. The van der Waals surface area contributed by atoms with Crippen molar-refractivity contribution in [3.8, 4) is 16.5 Å². The van der Waals surface area contributed by atoms with Gasteiger partial charge in [0, 0.05) is 4.88 Å². The van der Waals surface area contributed by atoms with E-state index < -0.39 is 0 Å². The molecule has 70 valence electrons. The van der Waals surface area contributed by atoms with Crippen LogP contribution in [0.5, 0.6) is 0 Å². The number of hydrogen-bond donors (Lipinski definition) is 1. The van der Waals surface area contributed by atoms with Crippen LogP contribution in [0.4, 0.5) is 5.88 Å². The van der Waals surface area contributed by atoms with Gasteiger partial charge in [-0.1, -0.05) is 0 Å². The number of nitrogens with two attached hydrogens (primary N) is 1. The van der Waals surface area contributed by atoms with E-state index in [9.17, 15) is 0 Å². The second-order valence-corrected chi connectivity index (χ2v) is 5.07. The Morgan fingerprint density at radius 1 is 1.50 bits per heavy atom. The second kappa shape index (κ2) is 3.48. The first-order valence-corrected chi connectivity index (χ1v) is 5.36. The smallest absolute Gasteiger partial charge is 0.208 e. The average Bonchev–Trinajstić information content (AvgIpc) is 2.71. The lowest BCUT2D eigenvalue weighted by Gasteiger charge is -1.89. The molecule has 2 aromatic heterocycles. The van der Waals surface area contributed by atoms with Crippen molar-refractivity contribution < 1.29 is 4.42 Å². The molecule has 0 aliphatic heterocycles. The SMILES string of the molecule is N#Cc1c(-c2ccc(Br)s2)coc1N. The number of furan rings is 1. The van der Waals surface area contributed by atoms with Crippen molar-refractivity contribution in [2.24, 2.45) is 0 Å². The Bertz CT molecular complexity index is 509. The number of hydrogen-bond acceptors (Lipinski definition) is 4. The zero-order valence-corrected chi connectivity index (χ0v) is 9.35. The molecule has 0 aliphatic rings. The van der Waals surface area contributed by atoms with Gasteiger partial charge in [0.2, 0.25) is 5.88 Å². The third-order valence-electron chi connectivity index (χ3n) is 1.77. The fourth-order valence-corrected chi connectivity index (χ4v) is 2.53. The maximum Gasteiger partial charge on any atom is 0.208 e. The summed E-state index contributed by atoms with van der Waals surface area (Å²) >= 11 is 4.89. The highest BCUT2D eigenvalue weighted by Crippen LogP contribution is 2.35. The number of thiophene rings is 1. The minimum Gasteiger partial charge on any atom is -0.447 e. The van der Waals surface area contributed by atoms with Gasteiger partial charge in [-0.3, -0.25) is 0 Å². The number of nitrogen functional groups attached to an aromatic ring is 1. The Labute approximate surface area is 92.9 Å². The first-order valence-electron chi connectivity index (χ1n) is 3.75. The normalized spacial score (nSPS) is 10.0. The topological polar surface area (TPSA) is 63.0 Å². The van der Waals surface area contributed by atoms with Crippen LogP contribution in [0.2, 0.25) is 0 Å². The second-order valence-electron chi connectivity index (χ2n) is 2.60. The molecule has 0 atom stereocenters. The highest BCUT2D eigenvalue weighted by Gasteiger charge is 2.13. The summed E-state index contributed by atoms with van der Waals surface area (Å²) < 4.78 is 6.01. The summed E-state index contributed by atoms with van der Waals surface area (Å²) in [4.78, 5) is 0.967. The van der Waals surface area contributed by atoms with Crippen LogP contribution in [-0.2, 0) is 0 Å². The summed E-state index contributed by atoms with van der Waals surface area (Å²) in [6, 6.07) is 5.86. The van der Waals surface area contributed by atoms with Crippen LogP contribution in [-0.4, -0.2) is 0 Å². The molecule has 0 saturated carbocycles. The Kier molecular flexibility index (Phi) is 2.32. The molecular formula is C9H5BrN2OS. The summed E-state index contributed by atoms with van der Waals surface area (Å²) in [5, 5.41) is 8.86. The van der Waals surface area contributed by atoms with Crippen molar-refractivity contribution in [1.29, 1.82) is 5.26 Å². The average molecular weight is 269 g/mol. The molecule has 0 amide bonds. The van der Waals surface area contributed by atoms with Gasteiger partial charge in [0.25, 0.3) is 0 Å². The molecule has 0 unspecified atom stereocenters. The van der Waals surface area contributed by atoms with Crippen molar-refractivity contribution in [2.45, 2.75) is 0 Å². The van der Waals surface area contributed by atoms with E-state index in [-0.39, 0.29) is 5.88 Å². The number of nitrogens with zero attached hydrogens (tertiary/aromatic N) is 1. The largest absolute Gasteiger partial charge is 0.447 e. The van der Waals surface area contributed by atoms with E-state index in [1.807, 2.05) is 18.2 Å². The molecule has 2 N–H and O–H groups in total. The van der Waals surface area contributed by atoms with Crippen molar-refractivity contribution in [1.82, 2.24) is 0 Å². The molecule has 0 radical (unpaired) electrons. The maximum absolute atomic E-state index is 8.86. The summed E-state index contributed by atoms with van der Waals surface area (Å²) in [6.45, 7) is 0. The zero-order chi connectivity index (χ0) is 10.1. The van der Waals surface area contributed by atoms with Gasteiger partial charge in [0.15, 0.2) is 0 Å². The van der Waals surface area contributed by atoms with Gasteiger partial charge in [0.1, 0.15) is 17.9 Å². The van der Waals surface area contributed by atoms with Crippen molar-refractivity contribution in [3.05, 3.63) is 27.7 Å². The predicted molar refractivity (Wildman–Crippen MR) is 58.8 cm³/mol. The van der Waals surface area contributed by atoms with Gasteiger partial charge >= 0.3 is 0 Å². The van der Waals surface area contributed by atoms with Crippen molar-refractivity contribution in [3.63, 3.8) is 0 Å². The summed E-state index contributed by atoms with van der Waals surface area (Å²) in [5.41, 5.74) is 6.65. The minimum absolute atomic E-state index is 0.173. The quantitative estimate of drug-likeness (QED) is 0.864. The first-order chi connectivity index (χ1) is 6.72. The maximum atomic E-state index is 8.86. The summed E-state index contributed by atoms with van der Waals surface area (Å²) in [6.07, 6.45) is 1.51.